The van der Waals surface area contributed by atoms with Crippen molar-refractivity contribution in [3.8, 4) is 0 Å². The Hall–Kier alpha value is -3.24. The molecule has 0 aromatic carbocycles. The highest BCUT2D eigenvalue weighted by atomic mass is 16.6. The molecule has 2 aromatic heterocycles. The van der Waals surface area contributed by atoms with Gasteiger partial charge in [0.25, 0.3) is 0 Å². The molecule has 2 aromatic rings. The van der Waals surface area contributed by atoms with Gasteiger partial charge in [0.2, 0.25) is 0 Å². The summed E-state index contributed by atoms with van der Waals surface area (Å²) < 4.78 is 22.4. The first kappa shape index (κ1) is 26.6. The van der Waals surface area contributed by atoms with Crippen LogP contribution in [0.2, 0.25) is 0 Å². The third-order valence-corrected chi connectivity index (χ3v) is 11.8. The first-order chi connectivity index (χ1) is 19.2. The van der Waals surface area contributed by atoms with Crippen molar-refractivity contribution in [2.24, 2.45) is 16.7 Å². The average molecular weight is 566 g/mol. The Labute approximate surface area is 237 Å². The van der Waals surface area contributed by atoms with E-state index in [1.54, 1.807) is 25.5 Å². The minimum Gasteiger partial charge on any atom is -0.472 e. The molecule has 5 aliphatic rings. The molecule has 218 valence electrons. The van der Waals surface area contributed by atoms with Gasteiger partial charge >= 0.3 is 17.9 Å². The van der Waals surface area contributed by atoms with Crippen molar-refractivity contribution < 1.29 is 43.2 Å². The maximum atomic E-state index is 13.6. The molecule has 41 heavy (non-hydrogen) atoms. The zero-order valence-electron chi connectivity index (χ0n) is 24.1. The number of aliphatic hydroxyl groups is 2. The van der Waals surface area contributed by atoms with E-state index in [9.17, 15) is 24.6 Å². The van der Waals surface area contributed by atoms with Gasteiger partial charge in [-0.2, -0.15) is 0 Å². The second-order valence-electron chi connectivity index (χ2n) is 13.5. The fourth-order valence-electron chi connectivity index (χ4n) is 10.2. The molecule has 9 unspecified atom stereocenters. The summed E-state index contributed by atoms with van der Waals surface area (Å²) in [5.41, 5.74) is -3.39. The minimum absolute atomic E-state index is 0.0239. The van der Waals surface area contributed by atoms with Gasteiger partial charge in [-0.05, 0) is 55.2 Å². The molecule has 9 atom stereocenters. The van der Waals surface area contributed by atoms with E-state index in [0.29, 0.717) is 29.7 Å². The molecule has 2 fully saturated rings. The Morgan fingerprint density at radius 3 is 2.59 bits per heavy atom. The monoisotopic (exact) mass is 565 g/mol. The molecule has 10 nitrogen and oxygen atoms in total. The van der Waals surface area contributed by atoms with Gasteiger partial charge in [0, 0.05) is 35.2 Å². The van der Waals surface area contributed by atoms with Crippen molar-refractivity contribution in [2.75, 3.05) is 7.11 Å². The van der Waals surface area contributed by atoms with E-state index in [0.717, 1.165) is 11.1 Å². The van der Waals surface area contributed by atoms with Gasteiger partial charge in [-0.3, -0.25) is 14.6 Å². The zero-order valence-corrected chi connectivity index (χ0v) is 24.1. The summed E-state index contributed by atoms with van der Waals surface area (Å²) in [6.07, 6.45) is 2.58. The van der Waals surface area contributed by atoms with Gasteiger partial charge in [-0.25, -0.2) is 4.79 Å². The van der Waals surface area contributed by atoms with Crippen molar-refractivity contribution in [3.05, 3.63) is 52.2 Å². The molecule has 0 saturated heterocycles. The smallest absolute Gasteiger partial charge is 0.340 e. The minimum atomic E-state index is -2.08. The lowest BCUT2D eigenvalue weighted by Crippen LogP contribution is -2.73. The third-order valence-electron chi connectivity index (χ3n) is 11.8. The summed E-state index contributed by atoms with van der Waals surface area (Å²) in [5.74, 6) is -2.42. The highest BCUT2D eigenvalue weighted by Crippen LogP contribution is 2.82. The number of fused-ring (bicyclic) bond motifs is 3. The predicted octanol–water partition coefficient (Wildman–Crippen LogP) is 3.50. The second kappa shape index (κ2) is 7.77. The van der Waals surface area contributed by atoms with E-state index in [4.69, 9.17) is 23.6 Å². The van der Waals surface area contributed by atoms with Crippen LogP contribution in [0.4, 0.5) is 0 Å². The highest BCUT2D eigenvalue weighted by molar-refractivity contribution is 5.95. The van der Waals surface area contributed by atoms with Crippen LogP contribution in [-0.4, -0.2) is 51.9 Å². The number of rotatable bonds is 4. The largest absolute Gasteiger partial charge is 0.472 e. The van der Waals surface area contributed by atoms with E-state index in [1.807, 2.05) is 20.8 Å². The number of furan rings is 1. The number of aromatic nitrogens is 1. The lowest BCUT2D eigenvalue weighted by atomic mass is 9.42. The van der Waals surface area contributed by atoms with Gasteiger partial charge in [0.05, 0.1) is 36.6 Å². The van der Waals surface area contributed by atoms with Crippen molar-refractivity contribution in [1.82, 2.24) is 4.98 Å². The number of esters is 3. The molecule has 2 bridgehead atoms. The molecule has 10 heteroatoms. The van der Waals surface area contributed by atoms with E-state index in [2.05, 4.69) is 0 Å². The van der Waals surface area contributed by atoms with Crippen LogP contribution in [0.3, 0.4) is 0 Å². The van der Waals surface area contributed by atoms with Crippen LogP contribution in [0.1, 0.15) is 104 Å². The standard InChI is InChI=1S/C31H35NO9/c1-14-20-22-21-17(7-9-27(22,3)24(41-25(20)35)16-8-10-39-12-16)29(5)18(11-19(34)38-6)28(4)13-30(29,36)31(37,23(21)32-14)26(28)40-15(2)33/h8,10,12,17-18,24,26,36-37H,7,9,11,13H2,1-6H3. The topological polar surface area (TPSA) is 145 Å². The fourth-order valence-corrected chi connectivity index (χ4v) is 10.2. The Bertz CT molecular complexity index is 1530. The normalized spacial score (nSPS) is 42.9. The number of hydrogen-bond donors (Lipinski definition) is 2. The summed E-state index contributed by atoms with van der Waals surface area (Å²) in [7, 11) is 1.32. The summed E-state index contributed by atoms with van der Waals surface area (Å²) in [6.45, 7) is 8.82. The number of hydrogen-bond acceptors (Lipinski definition) is 10. The number of cyclic esters (lactones) is 1. The van der Waals surface area contributed by atoms with Crippen molar-refractivity contribution in [3.63, 3.8) is 0 Å². The summed E-state index contributed by atoms with van der Waals surface area (Å²) in [5, 5.41) is 25.7. The molecular weight excluding hydrogens is 530 g/mol. The molecule has 2 N–H and O–H groups in total. The fraction of sp³-hybridized carbons (Fsp3) is 0.613. The van der Waals surface area contributed by atoms with Crippen LogP contribution in [0.15, 0.2) is 23.0 Å². The van der Waals surface area contributed by atoms with E-state index >= 15 is 0 Å². The number of nitrogens with zero attached hydrogens (tertiary/aromatic N) is 1. The van der Waals surface area contributed by atoms with E-state index in [1.165, 1.54) is 14.0 Å². The predicted molar refractivity (Wildman–Crippen MR) is 141 cm³/mol. The summed E-state index contributed by atoms with van der Waals surface area (Å²) >= 11 is 0. The van der Waals surface area contributed by atoms with Crippen LogP contribution >= 0.6 is 0 Å². The zero-order chi connectivity index (χ0) is 29.5. The molecule has 1 aliphatic heterocycles. The quantitative estimate of drug-likeness (QED) is 0.417. The first-order valence-electron chi connectivity index (χ1n) is 14.2. The van der Waals surface area contributed by atoms with Gasteiger partial charge in [0.1, 0.15) is 17.8 Å². The highest BCUT2D eigenvalue weighted by Gasteiger charge is 2.88. The molecule has 0 spiro atoms. The molecule has 0 radical (unpaired) electrons. The first-order valence-corrected chi connectivity index (χ1v) is 14.2. The van der Waals surface area contributed by atoms with Gasteiger partial charge in [-0.15, -0.1) is 0 Å². The van der Waals surface area contributed by atoms with Gasteiger partial charge in [-0.1, -0.05) is 20.8 Å². The molecular formula is C31H35NO9. The molecule has 3 heterocycles. The number of methoxy groups -OCH3 is 1. The Balaban J connectivity index is 1.57. The third kappa shape index (κ3) is 2.72. The van der Waals surface area contributed by atoms with Gasteiger partial charge in [0.15, 0.2) is 5.60 Å². The number of ether oxygens (including phenoxy) is 3. The molecule has 4 aliphatic carbocycles. The second-order valence-corrected chi connectivity index (χ2v) is 13.5. The van der Waals surface area contributed by atoms with Crippen molar-refractivity contribution in [2.45, 2.75) is 95.0 Å². The number of aryl methyl sites for hydroxylation is 1. The summed E-state index contributed by atoms with van der Waals surface area (Å²) in [6, 6.07) is 1.78. The Kier molecular flexibility index (Phi) is 5.05. The van der Waals surface area contributed by atoms with E-state index in [-0.39, 0.29) is 24.5 Å². The maximum absolute atomic E-state index is 13.6. The number of carbonyl (C=O) groups is 3. The average Bonchev–Trinajstić information content (AvgIpc) is 3.55. The van der Waals surface area contributed by atoms with Crippen LogP contribution in [-0.2, 0) is 34.8 Å². The van der Waals surface area contributed by atoms with Crippen LogP contribution in [0.25, 0.3) is 0 Å². The van der Waals surface area contributed by atoms with Crippen LogP contribution in [0.5, 0.6) is 0 Å². The lowest BCUT2D eigenvalue weighted by molar-refractivity contribution is -0.285. The SMILES string of the molecule is COC(=O)CC1C2(C)CC3(O)C(O)(c4nc(C)c5c6c4C(CCC6(C)C(c4ccoc4)OC5=O)C13C)C2OC(C)=O. The van der Waals surface area contributed by atoms with Crippen LogP contribution in [0, 0.1) is 23.7 Å². The Morgan fingerprint density at radius 1 is 1.22 bits per heavy atom. The number of carbonyl (C=O) groups excluding carboxylic acids is 3. The lowest BCUT2D eigenvalue weighted by Gasteiger charge is -2.65. The maximum Gasteiger partial charge on any atom is 0.340 e. The van der Waals surface area contributed by atoms with E-state index < -0.39 is 63.5 Å². The molecule has 7 rings (SSSR count). The summed E-state index contributed by atoms with van der Waals surface area (Å²) in [4.78, 5) is 43.8. The number of pyridine rings is 1. The van der Waals surface area contributed by atoms with Crippen LogP contribution < -0.4 is 0 Å². The van der Waals surface area contributed by atoms with Crippen molar-refractivity contribution >= 4 is 17.9 Å². The molecule has 0 amide bonds. The molecule has 2 saturated carbocycles. The Morgan fingerprint density at radius 2 is 1.95 bits per heavy atom. The van der Waals surface area contributed by atoms with Gasteiger partial charge < -0.3 is 28.8 Å². The van der Waals surface area contributed by atoms with Crippen molar-refractivity contribution in [1.29, 1.82) is 0 Å².